The lowest BCUT2D eigenvalue weighted by molar-refractivity contribution is 0.102. The van der Waals surface area contributed by atoms with E-state index in [1.165, 1.54) is 6.39 Å². The summed E-state index contributed by atoms with van der Waals surface area (Å²) in [5.41, 5.74) is 3.74. The third-order valence-electron chi connectivity index (χ3n) is 6.07. The lowest BCUT2D eigenvalue weighted by Crippen LogP contribution is -2.38. The molecule has 1 amide bonds. The van der Waals surface area contributed by atoms with E-state index >= 15 is 0 Å². The molecule has 3 heterocycles. The molecular weight excluding hydrogens is 436 g/mol. The average Bonchev–Trinajstić information content (AvgIpc) is 3.40. The van der Waals surface area contributed by atoms with Crippen LogP contribution in [-0.2, 0) is 9.47 Å². The number of aromatic nitrogens is 1. The van der Waals surface area contributed by atoms with Crippen LogP contribution in [0.1, 0.15) is 10.5 Å². The maximum Gasteiger partial charge on any atom is 0.278 e. The molecule has 5 rings (SSSR count). The average molecular weight is 465 g/mol. The van der Waals surface area contributed by atoms with Crippen molar-refractivity contribution in [2.45, 2.75) is 0 Å². The number of nitrogens with one attached hydrogen (secondary N) is 1. The fraction of sp³-hybridized carbons (Fsp3) is 0.360. The zero-order valence-electron chi connectivity index (χ0n) is 19.2. The summed E-state index contributed by atoms with van der Waals surface area (Å²) in [6.45, 7) is 5.93. The Balaban J connectivity index is 1.43. The summed E-state index contributed by atoms with van der Waals surface area (Å²) in [5, 5.41) is 3.06. The predicted octanol–water partition coefficient (Wildman–Crippen LogP) is 3.28. The minimum Gasteiger partial charge on any atom is -0.497 e. The Morgan fingerprint density at radius 2 is 1.71 bits per heavy atom. The first-order chi connectivity index (χ1) is 16.7. The van der Waals surface area contributed by atoms with Crippen molar-refractivity contribution in [3.63, 3.8) is 0 Å². The van der Waals surface area contributed by atoms with E-state index in [1.807, 2.05) is 36.4 Å². The molecule has 178 valence electrons. The summed E-state index contributed by atoms with van der Waals surface area (Å²) >= 11 is 0. The fourth-order valence-corrected chi connectivity index (χ4v) is 4.27. The molecule has 0 spiro atoms. The third-order valence-corrected chi connectivity index (χ3v) is 6.07. The molecule has 34 heavy (non-hydrogen) atoms. The van der Waals surface area contributed by atoms with Crippen molar-refractivity contribution < 1.29 is 23.4 Å². The number of amides is 1. The van der Waals surface area contributed by atoms with Crippen molar-refractivity contribution in [1.29, 1.82) is 0 Å². The number of morpholine rings is 2. The summed E-state index contributed by atoms with van der Waals surface area (Å²) in [5.74, 6) is 0.739. The second kappa shape index (κ2) is 10.1. The molecule has 1 N–H and O–H groups in total. The Bertz CT molecular complexity index is 1140. The number of methoxy groups -OCH3 is 1. The quantitative estimate of drug-likeness (QED) is 0.595. The minimum atomic E-state index is -0.333. The summed E-state index contributed by atoms with van der Waals surface area (Å²) < 4.78 is 21.9. The maximum atomic E-state index is 13.3. The molecule has 0 unspecified atom stereocenters. The van der Waals surface area contributed by atoms with Crippen LogP contribution in [0, 0.1) is 0 Å². The normalized spacial score (nSPS) is 16.4. The number of hydrogen-bond donors (Lipinski definition) is 1. The van der Waals surface area contributed by atoms with Crippen LogP contribution >= 0.6 is 0 Å². The number of rotatable bonds is 6. The van der Waals surface area contributed by atoms with Gasteiger partial charge >= 0.3 is 0 Å². The van der Waals surface area contributed by atoms with E-state index < -0.39 is 0 Å². The monoisotopic (exact) mass is 464 g/mol. The first-order valence-electron chi connectivity index (χ1n) is 11.4. The molecule has 3 aromatic rings. The van der Waals surface area contributed by atoms with E-state index in [-0.39, 0.29) is 11.6 Å². The van der Waals surface area contributed by atoms with Gasteiger partial charge in [-0.15, -0.1) is 0 Å². The van der Waals surface area contributed by atoms with Crippen molar-refractivity contribution in [2.24, 2.45) is 0 Å². The number of anilines is 3. The van der Waals surface area contributed by atoms with Crippen LogP contribution in [0.3, 0.4) is 0 Å². The van der Waals surface area contributed by atoms with Gasteiger partial charge in [0.1, 0.15) is 5.75 Å². The van der Waals surface area contributed by atoms with Gasteiger partial charge in [0.15, 0.2) is 17.8 Å². The maximum absolute atomic E-state index is 13.3. The number of hydrogen-bond acceptors (Lipinski definition) is 8. The molecule has 0 atom stereocenters. The van der Waals surface area contributed by atoms with Crippen LogP contribution in [0.4, 0.5) is 17.1 Å². The van der Waals surface area contributed by atoms with Crippen molar-refractivity contribution in [3.05, 3.63) is 54.6 Å². The van der Waals surface area contributed by atoms with Gasteiger partial charge in [-0.2, -0.15) is 0 Å². The molecule has 0 radical (unpaired) electrons. The molecule has 2 aliphatic heterocycles. The van der Waals surface area contributed by atoms with Crippen LogP contribution < -0.4 is 19.9 Å². The first-order valence-corrected chi connectivity index (χ1v) is 11.4. The Hall–Kier alpha value is -3.56. The van der Waals surface area contributed by atoms with Gasteiger partial charge in [0.25, 0.3) is 5.91 Å². The molecule has 2 aromatic carbocycles. The predicted molar refractivity (Wildman–Crippen MR) is 129 cm³/mol. The summed E-state index contributed by atoms with van der Waals surface area (Å²) in [7, 11) is 1.60. The molecule has 9 nitrogen and oxygen atoms in total. The topological polar surface area (TPSA) is 89.3 Å². The van der Waals surface area contributed by atoms with Gasteiger partial charge in [-0.3, -0.25) is 4.79 Å². The third kappa shape index (κ3) is 4.71. The highest BCUT2D eigenvalue weighted by molar-refractivity contribution is 6.08. The number of oxazole rings is 1. The lowest BCUT2D eigenvalue weighted by atomic mass is 10.1. The second-order valence-corrected chi connectivity index (χ2v) is 8.12. The summed E-state index contributed by atoms with van der Waals surface area (Å²) in [6, 6.07) is 13.5. The summed E-state index contributed by atoms with van der Waals surface area (Å²) in [4.78, 5) is 22.1. The van der Waals surface area contributed by atoms with E-state index in [9.17, 15) is 4.79 Å². The zero-order chi connectivity index (χ0) is 23.3. The smallest absolute Gasteiger partial charge is 0.278 e. The van der Waals surface area contributed by atoms with Crippen LogP contribution in [0.5, 0.6) is 5.75 Å². The molecule has 0 saturated carbocycles. The first kappa shape index (κ1) is 22.2. The largest absolute Gasteiger partial charge is 0.497 e. The van der Waals surface area contributed by atoms with Crippen LogP contribution in [0.2, 0.25) is 0 Å². The van der Waals surface area contributed by atoms with E-state index in [0.29, 0.717) is 37.9 Å². The van der Waals surface area contributed by atoms with Gasteiger partial charge in [0.05, 0.1) is 44.9 Å². The Morgan fingerprint density at radius 3 is 2.44 bits per heavy atom. The van der Waals surface area contributed by atoms with Gasteiger partial charge in [-0.25, -0.2) is 4.98 Å². The summed E-state index contributed by atoms with van der Waals surface area (Å²) in [6.07, 6.45) is 1.29. The molecule has 0 aliphatic carbocycles. The molecular formula is C25H28N4O5. The molecule has 9 heteroatoms. The number of carbonyl (C=O) groups is 1. The number of carbonyl (C=O) groups excluding carboxylic acids is 1. The van der Waals surface area contributed by atoms with Gasteiger partial charge in [0.2, 0.25) is 0 Å². The minimum absolute atomic E-state index is 0.221. The van der Waals surface area contributed by atoms with Crippen molar-refractivity contribution >= 4 is 23.0 Å². The highest BCUT2D eigenvalue weighted by Crippen LogP contribution is 2.33. The fourth-order valence-electron chi connectivity index (χ4n) is 4.27. The zero-order valence-corrected chi connectivity index (χ0v) is 19.2. The molecule has 2 saturated heterocycles. The standard InChI is InChI=1S/C25H28N4O5/c1-31-20-4-2-3-18(15-20)24-23(26-17-34-24)25(30)27-21-6-5-19(28-7-11-32-12-8-28)16-22(21)29-9-13-33-14-10-29/h2-6,15-17H,7-14H2,1H3,(H,27,30). The molecule has 1 aromatic heterocycles. The van der Waals surface area contributed by atoms with Crippen LogP contribution in [0.25, 0.3) is 11.3 Å². The van der Waals surface area contributed by atoms with Crippen LogP contribution in [0.15, 0.2) is 53.3 Å². The van der Waals surface area contributed by atoms with E-state index in [0.717, 1.165) is 48.8 Å². The van der Waals surface area contributed by atoms with E-state index in [4.69, 9.17) is 18.6 Å². The Labute approximate surface area is 198 Å². The highest BCUT2D eigenvalue weighted by Gasteiger charge is 2.23. The second-order valence-electron chi connectivity index (χ2n) is 8.12. The lowest BCUT2D eigenvalue weighted by Gasteiger charge is -2.33. The van der Waals surface area contributed by atoms with Gasteiger partial charge in [-0.05, 0) is 30.3 Å². The van der Waals surface area contributed by atoms with E-state index in [1.54, 1.807) is 7.11 Å². The van der Waals surface area contributed by atoms with Gasteiger partial charge < -0.3 is 33.7 Å². The van der Waals surface area contributed by atoms with E-state index in [2.05, 4.69) is 26.2 Å². The van der Waals surface area contributed by atoms with Crippen molar-refractivity contribution in [1.82, 2.24) is 4.98 Å². The molecule has 0 bridgehead atoms. The number of ether oxygens (including phenoxy) is 3. The molecule has 2 fully saturated rings. The Morgan fingerprint density at radius 1 is 0.971 bits per heavy atom. The van der Waals surface area contributed by atoms with Gasteiger partial charge in [-0.1, -0.05) is 12.1 Å². The molecule has 2 aliphatic rings. The number of benzene rings is 2. The number of nitrogens with zero attached hydrogens (tertiary/aromatic N) is 3. The Kier molecular flexibility index (Phi) is 6.64. The highest BCUT2D eigenvalue weighted by atomic mass is 16.5. The van der Waals surface area contributed by atoms with Crippen molar-refractivity contribution in [3.8, 4) is 17.1 Å². The SMILES string of the molecule is COc1cccc(-c2ocnc2C(=O)Nc2ccc(N3CCOCC3)cc2N2CCOCC2)c1. The van der Waals surface area contributed by atoms with Crippen molar-refractivity contribution in [2.75, 3.05) is 74.8 Å². The van der Waals surface area contributed by atoms with Gasteiger partial charge in [0, 0.05) is 37.4 Å². The van der Waals surface area contributed by atoms with Crippen LogP contribution in [-0.4, -0.2) is 70.6 Å².